The number of benzene rings is 1. The number of hydrogen-bond acceptors (Lipinski definition) is 1. The lowest BCUT2D eigenvalue weighted by molar-refractivity contribution is 0.141. The molecule has 1 aromatic carbocycles. The van der Waals surface area contributed by atoms with Gasteiger partial charge in [0.25, 0.3) is 0 Å². The van der Waals surface area contributed by atoms with Gasteiger partial charge < -0.3 is 4.74 Å². The third-order valence-electron chi connectivity index (χ3n) is 8.20. The molecule has 0 bridgehead atoms. The van der Waals surface area contributed by atoms with Crippen molar-refractivity contribution in [2.45, 2.75) is 117 Å². The fourth-order valence-electron chi connectivity index (χ4n) is 6.23. The SMILES string of the molecule is CCCCCCOc1ccccc1CCC1CCC(C2CCC(CCC)CC2)CC1. The van der Waals surface area contributed by atoms with E-state index in [-0.39, 0.29) is 0 Å². The van der Waals surface area contributed by atoms with E-state index in [9.17, 15) is 0 Å². The molecule has 2 saturated carbocycles. The van der Waals surface area contributed by atoms with E-state index in [1.165, 1.54) is 108 Å². The molecule has 0 amide bonds. The van der Waals surface area contributed by atoms with E-state index in [0.717, 1.165) is 36.0 Å². The van der Waals surface area contributed by atoms with Crippen LogP contribution in [0.15, 0.2) is 24.3 Å². The summed E-state index contributed by atoms with van der Waals surface area (Å²) in [4.78, 5) is 0. The normalized spacial score (nSPS) is 27.1. The van der Waals surface area contributed by atoms with Crippen LogP contribution in [0.5, 0.6) is 5.75 Å². The zero-order valence-electron chi connectivity index (χ0n) is 20.0. The molecule has 0 heterocycles. The number of aryl methyl sites for hydroxylation is 1. The molecule has 1 heteroatoms. The van der Waals surface area contributed by atoms with Gasteiger partial charge in [-0.15, -0.1) is 0 Å². The maximum Gasteiger partial charge on any atom is 0.122 e. The average molecular weight is 413 g/mol. The van der Waals surface area contributed by atoms with Gasteiger partial charge in [0.2, 0.25) is 0 Å². The summed E-state index contributed by atoms with van der Waals surface area (Å²) in [6.07, 6.45) is 22.6. The van der Waals surface area contributed by atoms with Gasteiger partial charge in [0.1, 0.15) is 5.75 Å². The molecule has 3 rings (SSSR count). The van der Waals surface area contributed by atoms with Crippen LogP contribution in [0.4, 0.5) is 0 Å². The number of hydrogen-bond donors (Lipinski definition) is 0. The second kappa shape index (κ2) is 13.4. The lowest BCUT2D eigenvalue weighted by Gasteiger charge is -2.38. The van der Waals surface area contributed by atoms with Crippen LogP contribution in [0.3, 0.4) is 0 Å². The quantitative estimate of drug-likeness (QED) is 0.311. The van der Waals surface area contributed by atoms with E-state index in [1.807, 2.05) is 0 Å². The Morgan fingerprint density at radius 1 is 0.700 bits per heavy atom. The van der Waals surface area contributed by atoms with Crippen molar-refractivity contribution in [2.24, 2.45) is 23.7 Å². The molecule has 0 spiro atoms. The summed E-state index contributed by atoms with van der Waals surface area (Å²) in [7, 11) is 0. The Morgan fingerprint density at radius 2 is 1.33 bits per heavy atom. The summed E-state index contributed by atoms with van der Waals surface area (Å²) >= 11 is 0. The van der Waals surface area contributed by atoms with Crippen LogP contribution in [-0.2, 0) is 6.42 Å². The van der Waals surface area contributed by atoms with Crippen molar-refractivity contribution < 1.29 is 4.74 Å². The van der Waals surface area contributed by atoms with Gasteiger partial charge in [-0.1, -0.05) is 89.8 Å². The molecule has 0 aliphatic heterocycles. The molecule has 0 aromatic heterocycles. The highest BCUT2D eigenvalue weighted by atomic mass is 16.5. The van der Waals surface area contributed by atoms with E-state index in [1.54, 1.807) is 0 Å². The van der Waals surface area contributed by atoms with Crippen molar-refractivity contribution in [3.8, 4) is 5.75 Å². The van der Waals surface area contributed by atoms with Crippen molar-refractivity contribution >= 4 is 0 Å². The van der Waals surface area contributed by atoms with Crippen LogP contribution in [0.2, 0.25) is 0 Å². The van der Waals surface area contributed by atoms with Crippen LogP contribution >= 0.6 is 0 Å². The van der Waals surface area contributed by atoms with E-state index < -0.39 is 0 Å². The first kappa shape index (κ1) is 23.7. The Morgan fingerprint density at radius 3 is 1.97 bits per heavy atom. The van der Waals surface area contributed by atoms with Crippen molar-refractivity contribution in [3.63, 3.8) is 0 Å². The zero-order chi connectivity index (χ0) is 21.0. The minimum absolute atomic E-state index is 0.878. The molecule has 1 aromatic rings. The number of rotatable bonds is 12. The molecule has 170 valence electrons. The topological polar surface area (TPSA) is 9.23 Å². The van der Waals surface area contributed by atoms with Crippen molar-refractivity contribution in [2.75, 3.05) is 6.61 Å². The molecule has 0 radical (unpaired) electrons. The first-order valence-electron chi connectivity index (χ1n) is 13.5. The Balaban J connectivity index is 1.36. The zero-order valence-corrected chi connectivity index (χ0v) is 20.0. The molecule has 2 aliphatic rings. The fraction of sp³-hybridized carbons (Fsp3) is 0.793. The minimum Gasteiger partial charge on any atom is -0.493 e. The van der Waals surface area contributed by atoms with Crippen molar-refractivity contribution in [1.29, 1.82) is 0 Å². The molecular formula is C29H48O. The summed E-state index contributed by atoms with van der Waals surface area (Å²) < 4.78 is 6.15. The van der Waals surface area contributed by atoms with Gasteiger partial charge >= 0.3 is 0 Å². The molecular weight excluding hydrogens is 364 g/mol. The molecule has 2 fully saturated rings. The molecule has 0 saturated heterocycles. The van der Waals surface area contributed by atoms with E-state index in [2.05, 4.69) is 38.1 Å². The van der Waals surface area contributed by atoms with E-state index >= 15 is 0 Å². The molecule has 0 atom stereocenters. The highest BCUT2D eigenvalue weighted by Crippen LogP contribution is 2.43. The highest BCUT2D eigenvalue weighted by molar-refractivity contribution is 5.33. The molecule has 0 unspecified atom stereocenters. The van der Waals surface area contributed by atoms with Gasteiger partial charge in [0.05, 0.1) is 6.61 Å². The highest BCUT2D eigenvalue weighted by Gasteiger charge is 2.30. The fourth-order valence-corrected chi connectivity index (χ4v) is 6.23. The maximum atomic E-state index is 6.15. The Kier molecular flexibility index (Phi) is 10.6. The molecule has 2 aliphatic carbocycles. The number of para-hydroxylation sites is 1. The van der Waals surface area contributed by atoms with Gasteiger partial charge in [-0.2, -0.15) is 0 Å². The summed E-state index contributed by atoms with van der Waals surface area (Å²) in [5.74, 6) is 5.24. The number of unbranched alkanes of at least 4 members (excludes halogenated alkanes) is 3. The lowest BCUT2D eigenvalue weighted by atomic mass is 9.68. The maximum absolute atomic E-state index is 6.15. The summed E-state index contributed by atoms with van der Waals surface area (Å²) in [6, 6.07) is 8.79. The van der Waals surface area contributed by atoms with Crippen LogP contribution in [0, 0.1) is 23.7 Å². The van der Waals surface area contributed by atoms with Crippen LogP contribution in [0.25, 0.3) is 0 Å². The lowest BCUT2D eigenvalue weighted by Crippen LogP contribution is -2.26. The summed E-state index contributed by atoms with van der Waals surface area (Å²) in [5.41, 5.74) is 1.43. The Hall–Kier alpha value is -0.980. The first-order chi connectivity index (χ1) is 14.8. The minimum atomic E-state index is 0.878. The van der Waals surface area contributed by atoms with Gasteiger partial charge in [0.15, 0.2) is 0 Å². The predicted molar refractivity (Wildman–Crippen MR) is 130 cm³/mol. The van der Waals surface area contributed by atoms with Crippen LogP contribution in [0.1, 0.15) is 116 Å². The summed E-state index contributed by atoms with van der Waals surface area (Å²) in [5, 5.41) is 0. The smallest absolute Gasteiger partial charge is 0.122 e. The van der Waals surface area contributed by atoms with Crippen LogP contribution in [-0.4, -0.2) is 6.61 Å². The van der Waals surface area contributed by atoms with Crippen LogP contribution < -0.4 is 4.74 Å². The second-order valence-corrected chi connectivity index (χ2v) is 10.4. The molecule has 1 nitrogen and oxygen atoms in total. The van der Waals surface area contributed by atoms with E-state index in [4.69, 9.17) is 4.74 Å². The predicted octanol–water partition coefficient (Wildman–Crippen LogP) is 8.99. The average Bonchev–Trinajstić information content (AvgIpc) is 2.79. The Bertz CT molecular complexity index is 563. The third kappa shape index (κ3) is 7.61. The second-order valence-electron chi connectivity index (χ2n) is 10.4. The van der Waals surface area contributed by atoms with Crippen molar-refractivity contribution in [1.82, 2.24) is 0 Å². The first-order valence-corrected chi connectivity index (χ1v) is 13.5. The molecule has 30 heavy (non-hydrogen) atoms. The Labute approximate surface area is 187 Å². The monoisotopic (exact) mass is 412 g/mol. The number of ether oxygens (including phenoxy) is 1. The molecule has 0 N–H and O–H groups in total. The standard InChI is InChI=1S/C29H48O/c1-3-5-6-9-23-30-29-12-8-7-11-28(29)22-17-25-15-20-27(21-16-25)26-18-13-24(10-4-2)14-19-26/h7-8,11-12,24-27H,3-6,9-10,13-23H2,1-2H3. The largest absolute Gasteiger partial charge is 0.493 e. The van der Waals surface area contributed by atoms with E-state index in [0.29, 0.717) is 0 Å². The van der Waals surface area contributed by atoms with Gasteiger partial charge in [0, 0.05) is 0 Å². The third-order valence-corrected chi connectivity index (χ3v) is 8.20. The van der Waals surface area contributed by atoms with Crippen molar-refractivity contribution in [3.05, 3.63) is 29.8 Å². The van der Waals surface area contributed by atoms with Gasteiger partial charge in [-0.25, -0.2) is 0 Å². The van der Waals surface area contributed by atoms with Gasteiger partial charge in [-0.05, 0) is 80.2 Å². The van der Waals surface area contributed by atoms with Gasteiger partial charge in [-0.3, -0.25) is 0 Å². The summed E-state index contributed by atoms with van der Waals surface area (Å²) in [6.45, 7) is 5.50.